The number of aromatic nitrogens is 4. The molecule has 5 rings (SSSR count). The molecule has 0 radical (unpaired) electrons. The number of ether oxygens (including phenoxy) is 4. The highest BCUT2D eigenvalue weighted by molar-refractivity contribution is 5.78. The molecule has 1 aliphatic heterocycles. The maximum absolute atomic E-state index is 12.7. The number of amides is 1. The number of rotatable bonds is 17. The molecule has 0 bridgehead atoms. The van der Waals surface area contributed by atoms with Crippen LogP contribution < -0.4 is 4.90 Å². The van der Waals surface area contributed by atoms with Gasteiger partial charge in [-0.2, -0.15) is 0 Å². The van der Waals surface area contributed by atoms with Crippen LogP contribution in [0.5, 0.6) is 0 Å². The van der Waals surface area contributed by atoms with Crippen molar-refractivity contribution in [3.63, 3.8) is 0 Å². The average Bonchev–Trinajstić information content (AvgIpc) is 3.76. The van der Waals surface area contributed by atoms with Crippen molar-refractivity contribution < 1.29 is 28.2 Å². The fraction of sp³-hybridized carbons (Fsp3) is 0.484. The molecular weight excluding hydrogens is 552 g/mol. The molecule has 1 amide bonds. The van der Waals surface area contributed by atoms with Gasteiger partial charge in [0.1, 0.15) is 17.9 Å². The number of carbonyl (C=O) groups excluding carboxylic acids is 1. The molecule has 0 atom stereocenters. The van der Waals surface area contributed by atoms with E-state index in [-0.39, 0.29) is 5.91 Å². The quantitative estimate of drug-likeness (QED) is 0.170. The minimum absolute atomic E-state index is 0.125. The predicted octanol–water partition coefficient (Wildman–Crippen LogP) is 2.90. The Labute approximate surface area is 251 Å². The number of aryl methyl sites for hydroxylation is 2. The van der Waals surface area contributed by atoms with Gasteiger partial charge >= 0.3 is 0 Å². The van der Waals surface area contributed by atoms with Gasteiger partial charge in [-0.05, 0) is 29.8 Å². The van der Waals surface area contributed by atoms with Gasteiger partial charge < -0.3 is 33.2 Å². The van der Waals surface area contributed by atoms with Crippen LogP contribution in [0.1, 0.15) is 18.0 Å². The second-order valence-corrected chi connectivity index (χ2v) is 10.2. The van der Waals surface area contributed by atoms with E-state index in [1.54, 1.807) is 19.7 Å². The molecule has 0 unspecified atom stereocenters. The first-order valence-electron chi connectivity index (χ1n) is 14.8. The van der Waals surface area contributed by atoms with E-state index in [1.165, 1.54) is 0 Å². The number of piperazine rings is 1. The minimum atomic E-state index is 0.125. The van der Waals surface area contributed by atoms with Crippen LogP contribution in [0.15, 0.2) is 59.6 Å². The fourth-order valence-electron chi connectivity index (χ4n) is 5.01. The molecule has 3 aromatic heterocycles. The Bertz CT molecular complexity index is 1390. The number of fused-ring (bicyclic) bond motifs is 1. The Kier molecular flexibility index (Phi) is 11.5. The van der Waals surface area contributed by atoms with Gasteiger partial charge in [-0.15, -0.1) is 10.2 Å². The summed E-state index contributed by atoms with van der Waals surface area (Å²) in [5, 5.41) is 8.51. The van der Waals surface area contributed by atoms with Crippen LogP contribution in [-0.4, -0.2) is 110 Å². The Morgan fingerprint density at radius 2 is 1.60 bits per heavy atom. The number of anilines is 1. The first-order valence-corrected chi connectivity index (χ1v) is 14.8. The average molecular weight is 593 g/mol. The van der Waals surface area contributed by atoms with Crippen LogP contribution in [-0.2, 0) is 36.6 Å². The van der Waals surface area contributed by atoms with Crippen LogP contribution >= 0.6 is 0 Å². The molecule has 12 heteroatoms. The lowest BCUT2D eigenvalue weighted by molar-refractivity contribution is -0.132. The number of carbonyl (C=O) groups is 1. The molecule has 1 aliphatic rings. The van der Waals surface area contributed by atoms with Gasteiger partial charge in [0, 0.05) is 63.6 Å². The lowest BCUT2D eigenvalue weighted by atomic mass is 10.1. The van der Waals surface area contributed by atoms with Crippen molar-refractivity contribution in [3.05, 3.63) is 66.8 Å². The molecule has 0 N–H and O–H groups in total. The summed E-state index contributed by atoms with van der Waals surface area (Å²) in [6.45, 7) is 6.48. The van der Waals surface area contributed by atoms with E-state index in [1.807, 2.05) is 27.6 Å². The van der Waals surface area contributed by atoms with Gasteiger partial charge in [-0.25, -0.2) is 4.98 Å². The van der Waals surface area contributed by atoms with E-state index in [0.29, 0.717) is 65.8 Å². The van der Waals surface area contributed by atoms with Crippen LogP contribution in [0.3, 0.4) is 0 Å². The Morgan fingerprint density at radius 1 is 0.884 bits per heavy atom. The molecule has 230 valence electrons. The molecule has 12 nitrogen and oxygen atoms in total. The highest BCUT2D eigenvalue weighted by Gasteiger charge is 2.21. The molecule has 43 heavy (non-hydrogen) atoms. The second-order valence-electron chi connectivity index (χ2n) is 10.2. The van der Waals surface area contributed by atoms with Gasteiger partial charge in [0.05, 0.1) is 58.9 Å². The first-order chi connectivity index (χ1) is 21.2. The number of nitrogens with zero attached hydrogens (tertiary/aromatic N) is 6. The van der Waals surface area contributed by atoms with E-state index in [4.69, 9.17) is 28.3 Å². The van der Waals surface area contributed by atoms with Crippen LogP contribution in [0.2, 0.25) is 0 Å². The summed E-state index contributed by atoms with van der Waals surface area (Å²) in [5.41, 5.74) is 3.87. The maximum atomic E-state index is 12.7. The van der Waals surface area contributed by atoms with Crippen LogP contribution in [0.4, 0.5) is 5.69 Å². The summed E-state index contributed by atoms with van der Waals surface area (Å²) in [6.07, 6.45) is 7.13. The van der Waals surface area contributed by atoms with Crippen molar-refractivity contribution in [1.29, 1.82) is 0 Å². The van der Waals surface area contributed by atoms with E-state index < -0.39 is 0 Å². The van der Waals surface area contributed by atoms with Crippen molar-refractivity contribution in [1.82, 2.24) is 24.5 Å². The monoisotopic (exact) mass is 592 g/mol. The topological polar surface area (TPSA) is 117 Å². The normalized spacial score (nSPS) is 13.7. The van der Waals surface area contributed by atoms with Gasteiger partial charge in [0.25, 0.3) is 0 Å². The molecule has 0 spiro atoms. The zero-order valence-corrected chi connectivity index (χ0v) is 24.7. The number of benzene rings is 1. The summed E-state index contributed by atoms with van der Waals surface area (Å²) in [6, 6.07) is 12.3. The van der Waals surface area contributed by atoms with E-state index in [2.05, 4.69) is 39.4 Å². The summed E-state index contributed by atoms with van der Waals surface area (Å²) in [7, 11) is 1.64. The lowest BCUT2D eigenvalue weighted by Crippen LogP contribution is -2.49. The van der Waals surface area contributed by atoms with E-state index >= 15 is 0 Å². The minimum Gasteiger partial charge on any atom is -0.469 e. The maximum Gasteiger partial charge on any atom is 0.225 e. The van der Waals surface area contributed by atoms with E-state index in [0.717, 1.165) is 60.0 Å². The Hall–Kier alpha value is -3.84. The molecule has 1 aromatic carbocycles. The van der Waals surface area contributed by atoms with Crippen LogP contribution in [0.25, 0.3) is 16.8 Å². The summed E-state index contributed by atoms with van der Waals surface area (Å²) >= 11 is 0. The third kappa shape index (κ3) is 8.60. The zero-order chi connectivity index (χ0) is 29.7. The van der Waals surface area contributed by atoms with Gasteiger partial charge in [0.2, 0.25) is 5.91 Å². The van der Waals surface area contributed by atoms with Crippen molar-refractivity contribution in [2.75, 3.05) is 84.4 Å². The standard InChI is InChI=1S/C31H40N6O6/c1-39-17-18-41-21-22-42-20-19-40-16-10-30(38)36-13-11-35(12-14-36)26-6-4-25(5-7-26)28-23-32-29(37-24-33-34-31(28)37)9-8-27-3-2-15-43-27/h2-7,15,23-24H,8-14,16-22H2,1H3. The zero-order valence-electron chi connectivity index (χ0n) is 24.7. The van der Waals surface area contributed by atoms with Crippen molar-refractivity contribution in [2.45, 2.75) is 19.3 Å². The highest BCUT2D eigenvalue weighted by Crippen LogP contribution is 2.27. The number of furan rings is 1. The van der Waals surface area contributed by atoms with Gasteiger partial charge in [-0.3, -0.25) is 9.20 Å². The number of hydrogen-bond acceptors (Lipinski definition) is 10. The van der Waals surface area contributed by atoms with Crippen LogP contribution in [0, 0.1) is 0 Å². The molecule has 0 aliphatic carbocycles. The van der Waals surface area contributed by atoms with Gasteiger partial charge in [0.15, 0.2) is 5.65 Å². The predicted molar refractivity (Wildman–Crippen MR) is 160 cm³/mol. The third-order valence-corrected chi connectivity index (χ3v) is 7.40. The van der Waals surface area contributed by atoms with E-state index in [9.17, 15) is 4.79 Å². The van der Waals surface area contributed by atoms with Crippen molar-refractivity contribution >= 4 is 17.2 Å². The lowest BCUT2D eigenvalue weighted by Gasteiger charge is -2.36. The molecule has 4 heterocycles. The molecule has 1 fully saturated rings. The SMILES string of the molecule is COCCOCCOCCOCCC(=O)N1CCN(c2ccc(-c3cnc(CCc4ccco4)n4cnnc34)cc2)CC1. The summed E-state index contributed by atoms with van der Waals surface area (Å²) in [5.74, 6) is 1.94. The number of methoxy groups -OCH3 is 1. The largest absolute Gasteiger partial charge is 0.469 e. The Balaban J connectivity index is 1.03. The van der Waals surface area contributed by atoms with Crippen molar-refractivity contribution in [3.8, 4) is 11.1 Å². The highest BCUT2D eigenvalue weighted by atomic mass is 16.6. The summed E-state index contributed by atoms with van der Waals surface area (Å²) < 4.78 is 28.7. The third-order valence-electron chi connectivity index (χ3n) is 7.40. The molecule has 4 aromatic rings. The molecular formula is C31H40N6O6. The van der Waals surface area contributed by atoms with Crippen molar-refractivity contribution in [2.24, 2.45) is 0 Å². The van der Waals surface area contributed by atoms with Gasteiger partial charge in [-0.1, -0.05) is 12.1 Å². The summed E-state index contributed by atoms with van der Waals surface area (Å²) in [4.78, 5) is 21.6. The molecule has 1 saturated heterocycles. The fourth-order valence-corrected chi connectivity index (χ4v) is 5.01. The Morgan fingerprint density at radius 3 is 2.30 bits per heavy atom. The second kappa shape index (κ2) is 16.1. The number of hydrogen-bond donors (Lipinski definition) is 0. The smallest absolute Gasteiger partial charge is 0.225 e. The molecule has 0 saturated carbocycles. The first kappa shape index (κ1) is 30.6.